The van der Waals surface area contributed by atoms with Gasteiger partial charge in [-0.3, -0.25) is 14.5 Å². The predicted molar refractivity (Wildman–Crippen MR) is 108 cm³/mol. The molecule has 1 saturated heterocycles. The van der Waals surface area contributed by atoms with Crippen LogP contribution in [0.5, 0.6) is 5.75 Å². The van der Waals surface area contributed by atoms with E-state index in [2.05, 4.69) is 0 Å². The monoisotopic (exact) mass is 389 g/mol. The number of aryl methyl sites for hydroxylation is 2. The zero-order chi connectivity index (χ0) is 20.7. The van der Waals surface area contributed by atoms with Crippen LogP contribution in [0.3, 0.4) is 0 Å². The van der Waals surface area contributed by atoms with Crippen LogP contribution in [0.25, 0.3) is 5.76 Å². The molecular formula is C23H19NO5. The van der Waals surface area contributed by atoms with Crippen molar-refractivity contribution in [2.45, 2.75) is 19.9 Å². The molecule has 2 aromatic carbocycles. The fourth-order valence-corrected chi connectivity index (χ4v) is 3.49. The van der Waals surface area contributed by atoms with Crippen LogP contribution in [0.2, 0.25) is 0 Å². The molecule has 0 aliphatic carbocycles. The summed E-state index contributed by atoms with van der Waals surface area (Å²) in [5.41, 5.74) is 2.30. The lowest BCUT2D eigenvalue weighted by Crippen LogP contribution is -2.29. The van der Waals surface area contributed by atoms with Gasteiger partial charge in [0.1, 0.15) is 23.3 Å². The van der Waals surface area contributed by atoms with Crippen molar-refractivity contribution in [1.82, 2.24) is 0 Å². The van der Waals surface area contributed by atoms with E-state index < -0.39 is 17.7 Å². The highest BCUT2D eigenvalue weighted by molar-refractivity contribution is 6.51. The third-order valence-corrected chi connectivity index (χ3v) is 4.97. The Morgan fingerprint density at radius 3 is 2.34 bits per heavy atom. The second kappa shape index (κ2) is 6.98. The van der Waals surface area contributed by atoms with Gasteiger partial charge in [0.2, 0.25) is 0 Å². The third kappa shape index (κ3) is 3.08. The number of nitrogens with zero attached hydrogens (tertiary/aromatic N) is 1. The lowest BCUT2D eigenvalue weighted by molar-refractivity contribution is -0.132. The SMILES string of the molecule is Cc1ccc(/C(O)=C2/C(=O)C(=O)N(c3cc(C)ccc3O)C2c2ccco2)cc1. The average molecular weight is 389 g/mol. The molecule has 3 aromatic rings. The van der Waals surface area contributed by atoms with Gasteiger partial charge in [0.15, 0.2) is 0 Å². The van der Waals surface area contributed by atoms with E-state index >= 15 is 0 Å². The second-order valence-electron chi connectivity index (χ2n) is 7.04. The van der Waals surface area contributed by atoms with Crippen LogP contribution in [-0.4, -0.2) is 21.9 Å². The Morgan fingerprint density at radius 2 is 1.69 bits per heavy atom. The van der Waals surface area contributed by atoms with Gasteiger partial charge < -0.3 is 14.6 Å². The highest BCUT2D eigenvalue weighted by Gasteiger charge is 2.49. The summed E-state index contributed by atoms with van der Waals surface area (Å²) in [6, 6.07) is 14.0. The number of aliphatic hydroxyl groups is 1. The minimum Gasteiger partial charge on any atom is -0.507 e. The first kappa shape index (κ1) is 18.6. The van der Waals surface area contributed by atoms with E-state index in [1.807, 2.05) is 13.8 Å². The van der Waals surface area contributed by atoms with Gasteiger partial charge in [0.05, 0.1) is 17.5 Å². The summed E-state index contributed by atoms with van der Waals surface area (Å²) in [4.78, 5) is 27.1. The van der Waals surface area contributed by atoms with Crippen molar-refractivity contribution in [3.63, 3.8) is 0 Å². The number of carbonyl (C=O) groups is 2. The summed E-state index contributed by atoms with van der Waals surface area (Å²) in [7, 11) is 0. The Labute approximate surface area is 167 Å². The van der Waals surface area contributed by atoms with Crippen molar-refractivity contribution in [2.24, 2.45) is 0 Å². The molecule has 146 valence electrons. The smallest absolute Gasteiger partial charge is 0.300 e. The second-order valence-corrected chi connectivity index (χ2v) is 7.04. The van der Waals surface area contributed by atoms with E-state index in [9.17, 15) is 19.8 Å². The summed E-state index contributed by atoms with van der Waals surface area (Å²) in [6.45, 7) is 3.72. The number of hydrogen-bond donors (Lipinski definition) is 2. The predicted octanol–water partition coefficient (Wildman–Crippen LogP) is 4.23. The maximum Gasteiger partial charge on any atom is 0.300 e. The number of ketones is 1. The first-order valence-electron chi connectivity index (χ1n) is 9.09. The lowest BCUT2D eigenvalue weighted by atomic mass is 9.98. The summed E-state index contributed by atoms with van der Waals surface area (Å²) in [5, 5.41) is 21.3. The van der Waals surface area contributed by atoms with Crippen molar-refractivity contribution in [2.75, 3.05) is 4.90 Å². The molecule has 0 radical (unpaired) electrons. The number of furan rings is 1. The van der Waals surface area contributed by atoms with E-state index in [0.29, 0.717) is 11.3 Å². The molecule has 4 rings (SSSR count). The summed E-state index contributed by atoms with van der Waals surface area (Å²) in [5.74, 6) is -1.83. The summed E-state index contributed by atoms with van der Waals surface area (Å²) >= 11 is 0. The molecule has 6 heteroatoms. The first-order chi connectivity index (χ1) is 13.9. The van der Waals surface area contributed by atoms with Crippen LogP contribution in [0.4, 0.5) is 5.69 Å². The molecule has 0 bridgehead atoms. The molecule has 2 heterocycles. The standard InChI is InChI=1S/C23H19NO5/c1-13-5-8-15(9-6-13)21(26)19-20(18-4-3-11-29-18)24(23(28)22(19)27)16-12-14(2)7-10-17(16)25/h3-12,20,25-26H,1-2H3/b21-19-. The number of rotatable bonds is 3. The van der Waals surface area contributed by atoms with Crippen LogP contribution < -0.4 is 4.90 Å². The van der Waals surface area contributed by atoms with Crippen molar-refractivity contribution in [3.05, 3.63) is 88.9 Å². The zero-order valence-electron chi connectivity index (χ0n) is 15.9. The van der Waals surface area contributed by atoms with Crippen LogP contribution in [0.15, 0.2) is 70.9 Å². The summed E-state index contributed by atoms with van der Waals surface area (Å²) in [6.07, 6.45) is 1.43. The molecule has 1 aliphatic heterocycles. The van der Waals surface area contributed by atoms with Crippen molar-refractivity contribution >= 4 is 23.1 Å². The van der Waals surface area contributed by atoms with Gasteiger partial charge in [-0.2, -0.15) is 0 Å². The molecule has 1 amide bonds. The molecule has 0 spiro atoms. The van der Waals surface area contributed by atoms with Crippen molar-refractivity contribution in [1.29, 1.82) is 0 Å². The summed E-state index contributed by atoms with van der Waals surface area (Å²) < 4.78 is 5.50. The van der Waals surface area contributed by atoms with E-state index in [4.69, 9.17) is 4.42 Å². The number of amides is 1. The van der Waals surface area contributed by atoms with E-state index in [0.717, 1.165) is 11.1 Å². The van der Waals surface area contributed by atoms with Gasteiger partial charge in [-0.25, -0.2) is 0 Å². The van der Waals surface area contributed by atoms with Gasteiger partial charge in [-0.15, -0.1) is 0 Å². The highest BCUT2D eigenvalue weighted by atomic mass is 16.3. The molecule has 0 saturated carbocycles. The number of hydrogen-bond acceptors (Lipinski definition) is 5. The lowest BCUT2D eigenvalue weighted by Gasteiger charge is -2.24. The van der Waals surface area contributed by atoms with Crippen LogP contribution in [0.1, 0.15) is 28.5 Å². The molecular weight excluding hydrogens is 370 g/mol. The van der Waals surface area contributed by atoms with Crippen molar-refractivity contribution < 1.29 is 24.2 Å². The van der Waals surface area contributed by atoms with Crippen molar-refractivity contribution in [3.8, 4) is 5.75 Å². The zero-order valence-corrected chi connectivity index (χ0v) is 15.9. The van der Waals surface area contributed by atoms with Crippen LogP contribution >= 0.6 is 0 Å². The van der Waals surface area contributed by atoms with Gasteiger partial charge in [-0.1, -0.05) is 35.9 Å². The van der Waals surface area contributed by atoms with E-state index in [1.54, 1.807) is 48.5 Å². The van der Waals surface area contributed by atoms with E-state index in [-0.39, 0.29) is 22.8 Å². The number of anilines is 1. The van der Waals surface area contributed by atoms with Crippen LogP contribution in [-0.2, 0) is 9.59 Å². The van der Waals surface area contributed by atoms with Gasteiger partial charge in [-0.05, 0) is 43.7 Å². The Balaban J connectivity index is 1.95. The maximum absolute atomic E-state index is 13.0. The maximum atomic E-state index is 13.0. The van der Waals surface area contributed by atoms with E-state index in [1.165, 1.54) is 17.2 Å². The minimum absolute atomic E-state index is 0.0882. The Kier molecular flexibility index (Phi) is 4.47. The number of phenols is 1. The number of Topliss-reactive ketones (excluding diaryl/α,β-unsaturated/α-hetero) is 1. The molecule has 1 aliphatic rings. The van der Waals surface area contributed by atoms with Crippen LogP contribution in [0, 0.1) is 13.8 Å². The molecule has 6 nitrogen and oxygen atoms in total. The average Bonchev–Trinajstić information content (AvgIpc) is 3.31. The molecule has 1 unspecified atom stereocenters. The molecule has 1 atom stereocenters. The number of benzene rings is 2. The Morgan fingerprint density at radius 1 is 1.00 bits per heavy atom. The Bertz CT molecular complexity index is 1130. The van der Waals surface area contributed by atoms with Gasteiger partial charge in [0.25, 0.3) is 11.7 Å². The third-order valence-electron chi connectivity index (χ3n) is 4.97. The largest absolute Gasteiger partial charge is 0.507 e. The van der Waals surface area contributed by atoms with Gasteiger partial charge in [0, 0.05) is 5.56 Å². The highest BCUT2D eigenvalue weighted by Crippen LogP contribution is 2.45. The topological polar surface area (TPSA) is 91.0 Å². The molecule has 29 heavy (non-hydrogen) atoms. The number of carbonyl (C=O) groups excluding carboxylic acids is 2. The normalized spacial score (nSPS) is 18.4. The first-order valence-corrected chi connectivity index (χ1v) is 9.09. The quantitative estimate of drug-likeness (QED) is 0.397. The number of aromatic hydroxyl groups is 1. The molecule has 2 N–H and O–H groups in total. The Hall–Kier alpha value is -3.80. The minimum atomic E-state index is -1.00. The molecule has 1 fully saturated rings. The number of aliphatic hydroxyl groups excluding tert-OH is 1. The fraction of sp³-hybridized carbons (Fsp3) is 0.130. The fourth-order valence-electron chi connectivity index (χ4n) is 3.49. The number of phenolic OH excluding ortho intramolecular Hbond substituents is 1. The van der Waals surface area contributed by atoms with Gasteiger partial charge >= 0.3 is 0 Å². The molecule has 1 aromatic heterocycles.